The smallest absolute Gasteiger partial charge is 0.339 e. The number of phenols is 1. The van der Waals surface area contributed by atoms with Gasteiger partial charge in [0.1, 0.15) is 5.56 Å². The van der Waals surface area contributed by atoms with E-state index in [4.69, 9.17) is 10.2 Å². The average molecular weight is 265 g/mol. The zero-order valence-electron chi connectivity index (χ0n) is 9.88. The van der Waals surface area contributed by atoms with Crippen molar-refractivity contribution in [3.8, 4) is 5.75 Å². The first-order chi connectivity index (χ1) is 8.82. The number of aromatic hydroxyl groups is 1. The zero-order chi connectivity index (χ0) is 14.6. The van der Waals surface area contributed by atoms with E-state index < -0.39 is 23.6 Å². The molecule has 0 bridgehead atoms. The maximum Gasteiger partial charge on any atom is 0.339 e. The van der Waals surface area contributed by atoms with Crippen molar-refractivity contribution >= 4 is 23.5 Å². The van der Waals surface area contributed by atoms with Gasteiger partial charge >= 0.3 is 11.9 Å². The molecule has 0 fully saturated rings. The second-order valence-corrected chi connectivity index (χ2v) is 3.63. The van der Waals surface area contributed by atoms with Gasteiger partial charge in [-0.25, -0.2) is 9.59 Å². The number of carbonyl (C=O) groups is 3. The molecule has 0 heterocycles. The minimum atomic E-state index is -1.34. The lowest BCUT2D eigenvalue weighted by atomic mass is 10.1. The van der Waals surface area contributed by atoms with Gasteiger partial charge in [0.05, 0.1) is 5.69 Å². The first-order valence-electron chi connectivity index (χ1n) is 5.10. The molecule has 7 nitrogen and oxygen atoms in total. The number of carbonyl (C=O) groups excluding carboxylic acids is 1. The van der Waals surface area contributed by atoms with Crippen LogP contribution in [0.15, 0.2) is 29.8 Å². The molecule has 0 saturated heterocycles. The summed E-state index contributed by atoms with van der Waals surface area (Å²) in [7, 11) is 0. The van der Waals surface area contributed by atoms with Gasteiger partial charge in [-0.15, -0.1) is 0 Å². The van der Waals surface area contributed by atoms with Crippen molar-refractivity contribution in [2.45, 2.75) is 6.92 Å². The average Bonchev–Trinajstić information content (AvgIpc) is 2.30. The van der Waals surface area contributed by atoms with Crippen molar-refractivity contribution in [1.29, 1.82) is 0 Å². The highest BCUT2D eigenvalue weighted by atomic mass is 16.4. The number of hydrogen-bond acceptors (Lipinski definition) is 4. The highest BCUT2D eigenvalue weighted by Crippen LogP contribution is 2.27. The van der Waals surface area contributed by atoms with Gasteiger partial charge in [-0.3, -0.25) is 4.79 Å². The van der Waals surface area contributed by atoms with Crippen LogP contribution < -0.4 is 5.32 Å². The van der Waals surface area contributed by atoms with Crippen molar-refractivity contribution in [2.75, 3.05) is 5.32 Å². The molecule has 0 spiro atoms. The van der Waals surface area contributed by atoms with Crippen molar-refractivity contribution in [3.63, 3.8) is 0 Å². The fourth-order valence-corrected chi connectivity index (χ4v) is 1.29. The second-order valence-electron chi connectivity index (χ2n) is 3.63. The Bertz CT molecular complexity index is 576. The van der Waals surface area contributed by atoms with Gasteiger partial charge in [0.2, 0.25) is 0 Å². The minimum Gasteiger partial charge on any atom is -0.505 e. The fraction of sp³-hybridized carbons (Fsp3) is 0.0833. The summed E-state index contributed by atoms with van der Waals surface area (Å²) in [6.07, 6.45) is 0.702. The number of hydrogen-bond donors (Lipinski definition) is 4. The van der Waals surface area contributed by atoms with Gasteiger partial charge in [-0.2, -0.15) is 0 Å². The van der Waals surface area contributed by atoms with Gasteiger partial charge in [-0.1, -0.05) is 6.07 Å². The normalized spacial score (nSPS) is 10.9. The number of anilines is 1. The number of carboxylic acid groups (broad SMARTS) is 2. The first kappa shape index (κ1) is 14.2. The molecule has 1 rings (SSSR count). The van der Waals surface area contributed by atoms with E-state index in [1.54, 1.807) is 0 Å². The van der Waals surface area contributed by atoms with E-state index in [0.29, 0.717) is 6.08 Å². The third-order valence-corrected chi connectivity index (χ3v) is 2.21. The number of benzene rings is 1. The van der Waals surface area contributed by atoms with Gasteiger partial charge in [0.15, 0.2) is 5.75 Å². The Morgan fingerprint density at radius 3 is 2.37 bits per heavy atom. The number of carboxylic acids is 2. The zero-order valence-corrected chi connectivity index (χ0v) is 9.88. The molecule has 1 aromatic carbocycles. The van der Waals surface area contributed by atoms with Crippen molar-refractivity contribution in [1.82, 2.24) is 0 Å². The number of para-hydroxylation sites is 1. The van der Waals surface area contributed by atoms with Crippen molar-refractivity contribution in [3.05, 3.63) is 35.4 Å². The van der Waals surface area contributed by atoms with Crippen LogP contribution in [-0.2, 0) is 9.59 Å². The van der Waals surface area contributed by atoms with Gasteiger partial charge in [0, 0.05) is 11.6 Å². The Morgan fingerprint density at radius 2 is 1.84 bits per heavy atom. The van der Waals surface area contributed by atoms with Crippen molar-refractivity contribution in [2.24, 2.45) is 0 Å². The summed E-state index contributed by atoms with van der Waals surface area (Å²) >= 11 is 0. The molecule has 0 saturated carbocycles. The third kappa shape index (κ3) is 3.56. The van der Waals surface area contributed by atoms with E-state index in [1.807, 2.05) is 0 Å². The molecule has 0 unspecified atom stereocenters. The summed E-state index contributed by atoms with van der Waals surface area (Å²) in [6.45, 7) is 1.28. The highest BCUT2D eigenvalue weighted by Gasteiger charge is 2.15. The van der Waals surface area contributed by atoms with Crippen LogP contribution in [0, 0.1) is 0 Å². The molecule has 1 aromatic rings. The summed E-state index contributed by atoms with van der Waals surface area (Å²) in [5.41, 5.74) is -0.562. The van der Waals surface area contributed by atoms with E-state index in [-0.39, 0.29) is 16.8 Å². The molecule has 0 aliphatic rings. The Hall–Kier alpha value is -2.83. The lowest BCUT2D eigenvalue weighted by molar-refractivity contribution is -0.131. The van der Waals surface area contributed by atoms with Crippen LogP contribution in [0.25, 0.3) is 0 Å². The molecule has 19 heavy (non-hydrogen) atoms. The fourth-order valence-electron chi connectivity index (χ4n) is 1.29. The summed E-state index contributed by atoms with van der Waals surface area (Å²) in [5, 5.41) is 29.1. The Labute approximate surface area is 107 Å². The van der Waals surface area contributed by atoms with E-state index in [9.17, 15) is 19.5 Å². The Balaban J connectivity index is 3.01. The lowest BCUT2D eigenvalue weighted by Crippen LogP contribution is -2.14. The molecule has 0 aliphatic heterocycles. The topological polar surface area (TPSA) is 124 Å². The SMILES string of the molecule is C/C(=C/C(=O)O)C(=O)Nc1cccc(C(=O)O)c1O. The van der Waals surface area contributed by atoms with Crippen LogP contribution >= 0.6 is 0 Å². The second kappa shape index (κ2) is 5.67. The van der Waals surface area contributed by atoms with Crippen molar-refractivity contribution < 1.29 is 29.7 Å². The quantitative estimate of drug-likeness (QED) is 0.476. The summed E-state index contributed by atoms with van der Waals surface area (Å²) in [4.78, 5) is 32.8. The maximum atomic E-state index is 11.6. The molecule has 0 aliphatic carbocycles. The van der Waals surface area contributed by atoms with Crippen LogP contribution in [0.4, 0.5) is 5.69 Å². The van der Waals surface area contributed by atoms with Crippen LogP contribution in [0.5, 0.6) is 5.75 Å². The molecule has 7 heteroatoms. The van der Waals surface area contributed by atoms with E-state index in [2.05, 4.69) is 5.32 Å². The van der Waals surface area contributed by atoms with Gasteiger partial charge < -0.3 is 20.6 Å². The molecule has 0 atom stereocenters. The summed E-state index contributed by atoms with van der Waals surface area (Å²) in [6, 6.07) is 3.82. The molecule has 0 radical (unpaired) electrons. The van der Waals surface area contributed by atoms with Gasteiger partial charge in [-0.05, 0) is 19.1 Å². The van der Waals surface area contributed by atoms with E-state index in [0.717, 1.165) is 0 Å². The number of aliphatic carboxylic acids is 1. The largest absolute Gasteiger partial charge is 0.505 e. The first-order valence-corrected chi connectivity index (χ1v) is 5.10. The minimum absolute atomic E-state index is 0.0902. The predicted octanol–water partition coefficient (Wildman–Crippen LogP) is 1.06. The third-order valence-electron chi connectivity index (χ3n) is 2.21. The Morgan fingerprint density at radius 1 is 1.21 bits per heavy atom. The number of amides is 1. The van der Waals surface area contributed by atoms with Gasteiger partial charge in [0.25, 0.3) is 5.91 Å². The molecule has 0 aromatic heterocycles. The van der Waals surface area contributed by atoms with Crippen LogP contribution in [0.1, 0.15) is 17.3 Å². The number of aromatic carboxylic acids is 1. The molecular weight excluding hydrogens is 254 g/mol. The van der Waals surface area contributed by atoms with Crippen LogP contribution in [0.2, 0.25) is 0 Å². The lowest BCUT2D eigenvalue weighted by Gasteiger charge is -2.08. The standard InChI is InChI=1S/C12H11NO6/c1-6(5-9(14)15)11(17)13-8-4-2-3-7(10(8)16)12(18)19/h2-5,16H,1H3,(H,13,17)(H,14,15)(H,18,19)/b6-5-. The number of nitrogens with one attached hydrogen (secondary N) is 1. The van der Waals surface area contributed by atoms with E-state index in [1.165, 1.54) is 25.1 Å². The summed E-state index contributed by atoms with van der Waals surface area (Å²) in [5.74, 6) is -3.96. The Kier molecular flexibility index (Phi) is 4.25. The van der Waals surface area contributed by atoms with Crippen LogP contribution in [-0.4, -0.2) is 33.2 Å². The molecule has 1 amide bonds. The maximum absolute atomic E-state index is 11.6. The predicted molar refractivity (Wildman–Crippen MR) is 65.1 cm³/mol. The monoisotopic (exact) mass is 265 g/mol. The highest BCUT2D eigenvalue weighted by molar-refractivity contribution is 6.07. The number of rotatable bonds is 4. The molecule has 4 N–H and O–H groups in total. The van der Waals surface area contributed by atoms with E-state index >= 15 is 0 Å². The van der Waals surface area contributed by atoms with Crippen LogP contribution in [0.3, 0.4) is 0 Å². The summed E-state index contributed by atoms with van der Waals surface area (Å²) < 4.78 is 0. The molecule has 100 valence electrons. The molecular formula is C12H11NO6.